The van der Waals surface area contributed by atoms with Gasteiger partial charge in [-0.2, -0.15) is 0 Å². The van der Waals surface area contributed by atoms with Crippen molar-refractivity contribution >= 4 is 6.03 Å². The predicted molar refractivity (Wildman–Crippen MR) is 105 cm³/mol. The summed E-state index contributed by atoms with van der Waals surface area (Å²) in [5.41, 5.74) is 6.43. The molecule has 2 aromatic carbocycles. The van der Waals surface area contributed by atoms with E-state index in [9.17, 15) is 18.0 Å². The van der Waals surface area contributed by atoms with Crippen LogP contribution >= 0.6 is 0 Å². The monoisotopic (exact) mass is 421 g/mol. The summed E-state index contributed by atoms with van der Waals surface area (Å²) in [7, 11) is 0. The molecule has 4 nitrogen and oxygen atoms in total. The Bertz CT molecular complexity index is 977. The highest BCUT2D eigenvalue weighted by atomic mass is 19.3. The van der Waals surface area contributed by atoms with Gasteiger partial charge in [0.2, 0.25) is 0 Å². The van der Waals surface area contributed by atoms with Crippen LogP contribution in [0.5, 0.6) is 0 Å². The fraction of sp³-hybridized carbons (Fsp3) is 0.409. The third-order valence-electron chi connectivity index (χ3n) is 6.05. The van der Waals surface area contributed by atoms with Crippen molar-refractivity contribution in [3.63, 3.8) is 0 Å². The standard InChI is InChI=1S/C22H23F4N3O/c1-13-5-2-7-15(18(13)23)16-8-3-6-14(19(16)24)11-17-20(27)22(25,26)12-29(17)21(30)28-9-4-10-28/h2-3,5-8,17,20H,4,9-12,27H2,1H3/t17-,20+/m0/s1. The minimum atomic E-state index is -3.26. The van der Waals surface area contributed by atoms with Crippen molar-refractivity contribution in [1.29, 1.82) is 0 Å². The number of aryl methyl sites for hydroxylation is 1. The summed E-state index contributed by atoms with van der Waals surface area (Å²) in [5, 5.41) is 0. The summed E-state index contributed by atoms with van der Waals surface area (Å²) in [6.07, 6.45) is 0.648. The molecule has 2 atom stereocenters. The van der Waals surface area contributed by atoms with E-state index in [0.717, 1.165) is 11.3 Å². The largest absolute Gasteiger partial charge is 0.325 e. The fourth-order valence-electron chi connectivity index (χ4n) is 4.09. The molecular formula is C22H23F4N3O. The van der Waals surface area contributed by atoms with Crippen molar-refractivity contribution < 1.29 is 22.4 Å². The first-order valence-corrected chi connectivity index (χ1v) is 9.92. The number of benzene rings is 2. The Hall–Kier alpha value is -2.61. The number of nitrogens with zero attached hydrogens (tertiary/aromatic N) is 2. The Morgan fingerprint density at radius 3 is 2.37 bits per heavy atom. The number of carbonyl (C=O) groups is 1. The van der Waals surface area contributed by atoms with Gasteiger partial charge in [-0.3, -0.25) is 0 Å². The average molecular weight is 421 g/mol. The number of hydrogen-bond acceptors (Lipinski definition) is 2. The predicted octanol–water partition coefficient (Wildman–Crippen LogP) is 3.96. The number of hydrogen-bond donors (Lipinski definition) is 1. The summed E-state index contributed by atoms with van der Waals surface area (Å²) in [4.78, 5) is 15.2. The highest BCUT2D eigenvalue weighted by Gasteiger charge is 2.55. The lowest BCUT2D eigenvalue weighted by atomic mass is 9.94. The highest BCUT2D eigenvalue weighted by Crippen LogP contribution is 2.36. The molecule has 30 heavy (non-hydrogen) atoms. The van der Waals surface area contributed by atoms with Gasteiger partial charge >= 0.3 is 6.03 Å². The molecule has 0 bridgehead atoms. The van der Waals surface area contributed by atoms with E-state index in [1.54, 1.807) is 25.1 Å². The van der Waals surface area contributed by atoms with Crippen LogP contribution in [0.25, 0.3) is 11.1 Å². The van der Waals surface area contributed by atoms with Crippen molar-refractivity contribution in [2.75, 3.05) is 19.6 Å². The number of carbonyl (C=O) groups excluding carboxylic acids is 1. The number of urea groups is 1. The van der Waals surface area contributed by atoms with E-state index < -0.39 is 42.2 Å². The number of amides is 2. The van der Waals surface area contributed by atoms with Gasteiger partial charge < -0.3 is 15.5 Å². The number of likely N-dealkylation sites (tertiary alicyclic amines) is 2. The van der Waals surface area contributed by atoms with E-state index >= 15 is 4.39 Å². The second kappa shape index (κ2) is 7.58. The molecule has 8 heteroatoms. The summed E-state index contributed by atoms with van der Waals surface area (Å²) < 4.78 is 58.5. The molecule has 0 aliphatic carbocycles. The lowest BCUT2D eigenvalue weighted by Gasteiger charge is -2.37. The maximum absolute atomic E-state index is 15.3. The zero-order valence-electron chi connectivity index (χ0n) is 16.5. The number of alkyl halides is 2. The quantitative estimate of drug-likeness (QED) is 0.763. The van der Waals surface area contributed by atoms with Crippen molar-refractivity contribution in [2.24, 2.45) is 5.73 Å². The Morgan fingerprint density at radius 1 is 1.10 bits per heavy atom. The lowest BCUT2D eigenvalue weighted by molar-refractivity contribution is -0.00117. The molecule has 0 aromatic heterocycles. The average Bonchev–Trinajstić information content (AvgIpc) is 2.88. The van der Waals surface area contributed by atoms with Crippen LogP contribution in [0.2, 0.25) is 0 Å². The van der Waals surface area contributed by atoms with Gasteiger partial charge in [0, 0.05) is 24.2 Å². The molecule has 2 heterocycles. The fourth-order valence-corrected chi connectivity index (χ4v) is 4.09. The van der Waals surface area contributed by atoms with Crippen LogP contribution in [-0.4, -0.2) is 53.5 Å². The normalized spacial score (nSPS) is 22.9. The third kappa shape index (κ3) is 3.43. The van der Waals surface area contributed by atoms with Crippen molar-refractivity contribution in [1.82, 2.24) is 9.80 Å². The van der Waals surface area contributed by atoms with Crippen LogP contribution < -0.4 is 5.73 Å². The van der Waals surface area contributed by atoms with Gasteiger partial charge in [0.1, 0.15) is 11.6 Å². The van der Waals surface area contributed by atoms with Gasteiger partial charge in [-0.05, 0) is 30.9 Å². The van der Waals surface area contributed by atoms with E-state index in [2.05, 4.69) is 0 Å². The molecule has 2 aliphatic rings. The van der Waals surface area contributed by atoms with Crippen LogP contribution in [0.3, 0.4) is 0 Å². The number of rotatable bonds is 3. The van der Waals surface area contributed by atoms with E-state index in [1.165, 1.54) is 23.1 Å². The maximum atomic E-state index is 15.3. The SMILES string of the molecule is Cc1cccc(-c2cccc(C[C@H]3[C@@H](N)C(F)(F)CN3C(=O)N3CCC3)c2F)c1F. The first kappa shape index (κ1) is 20.7. The Morgan fingerprint density at radius 2 is 1.73 bits per heavy atom. The molecule has 0 unspecified atom stereocenters. The molecule has 2 aromatic rings. The van der Waals surface area contributed by atoms with Crippen molar-refractivity contribution in [2.45, 2.75) is 37.8 Å². The highest BCUT2D eigenvalue weighted by molar-refractivity contribution is 5.76. The van der Waals surface area contributed by atoms with Gasteiger partial charge in [-0.25, -0.2) is 22.4 Å². The van der Waals surface area contributed by atoms with Gasteiger partial charge in [0.15, 0.2) is 0 Å². The van der Waals surface area contributed by atoms with Crippen LogP contribution in [0.15, 0.2) is 36.4 Å². The lowest BCUT2D eigenvalue weighted by Crippen LogP contribution is -2.53. The molecule has 0 saturated carbocycles. The van der Waals surface area contributed by atoms with Gasteiger partial charge in [-0.15, -0.1) is 0 Å². The minimum absolute atomic E-state index is 0.0487. The summed E-state index contributed by atoms with van der Waals surface area (Å²) in [5.74, 6) is -4.49. The molecule has 2 aliphatic heterocycles. The van der Waals surface area contributed by atoms with Gasteiger partial charge in [0.05, 0.1) is 18.6 Å². The molecule has 4 rings (SSSR count). The van der Waals surface area contributed by atoms with Crippen LogP contribution in [0, 0.1) is 18.6 Å². The van der Waals surface area contributed by atoms with E-state index in [4.69, 9.17) is 5.73 Å². The number of nitrogens with two attached hydrogens (primary N) is 1. The minimum Gasteiger partial charge on any atom is -0.325 e. The second-order valence-electron chi connectivity index (χ2n) is 8.02. The molecule has 2 fully saturated rings. The maximum Gasteiger partial charge on any atom is 0.320 e. The van der Waals surface area contributed by atoms with Crippen molar-refractivity contribution in [3.8, 4) is 11.1 Å². The molecule has 2 N–H and O–H groups in total. The molecule has 2 amide bonds. The first-order chi connectivity index (χ1) is 14.2. The van der Waals surface area contributed by atoms with E-state index in [-0.39, 0.29) is 23.1 Å². The number of halogens is 4. The zero-order chi connectivity index (χ0) is 21.6. The first-order valence-electron chi connectivity index (χ1n) is 9.92. The molecule has 0 radical (unpaired) electrons. The Balaban J connectivity index is 1.67. The van der Waals surface area contributed by atoms with Crippen molar-refractivity contribution in [3.05, 3.63) is 59.2 Å². The van der Waals surface area contributed by atoms with Crippen LogP contribution in [-0.2, 0) is 6.42 Å². The third-order valence-corrected chi connectivity index (χ3v) is 6.05. The molecular weight excluding hydrogens is 398 g/mol. The second-order valence-corrected chi connectivity index (χ2v) is 8.02. The van der Waals surface area contributed by atoms with E-state index in [1.807, 2.05) is 0 Å². The van der Waals surface area contributed by atoms with Crippen LogP contribution in [0.1, 0.15) is 17.5 Å². The molecule has 160 valence electrons. The molecule has 2 saturated heterocycles. The van der Waals surface area contributed by atoms with Gasteiger partial charge in [0.25, 0.3) is 5.92 Å². The zero-order valence-corrected chi connectivity index (χ0v) is 16.5. The summed E-state index contributed by atoms with van der Waals surface area (Å²) in [6.45, 7) is 1.82. The van der Waals surface area contributed by atoms with Gasteiger partial charge in [-0.1, -0.05) is 36.4 Å². The van der Waals surface area contributed by atoms with E-state index in [0.29, 0.717) is 18.7 Å². The van der Waals surface area contributed by atoms with Crippen LogP contribution in [0.4, 0.5) is 22.4 Å². The summed E-state index contributed by atoms with van der Waals surface area (Å²) in [6, 6.07) is 5.97. The Kier molecular flexibility index (Phi) is 5.22. The topological polar surface area (TPSA) is 49.6 Å². The smallest absolute Gasteiger partial charge is 0.320 e. The Labute approximate surface area is 172 Å². The molecule has 0 spiro atoms. The summed E-state index contributed by atoms with van der Waals surface area (Å²) >= 11 is 0.